The topological polar surface area (TPSA) is 33.2 Å². The van der Waals surface area contributed by atoms with Gasteiger partial charge < -0.3 is 0 Å². The lowest BCUT2D eigenvalue weighted by atomic mass is 10.2. The lowest BCUT2D eigenvalue weighted by molar-refractivity contribution is -0.116. The molecule has 0 saturated heterocycles. The lowest BCUT2D eigenvalue weighted by Crippen LogP contribution is -2.22. The molecule has 0 radical (unpaired) electrons. The molecule has 3 rings (SSSR count). The Balaban J connectivity index is 2.14. The third kappa shape index (κ3) is 1.68. The van der Waals surface area contributed by atoms with Crippen LogP contribution in [0.25, 0.3) is 0 Å². The molecule has 0 saturated carbocycles. The zero-order valence-electron chi connectivity index (χ0n) is 10.5. The van der Waals surface area contributed by atoms with E-state index in [1.807, 2.05) is 50.2 Å². The summed E-state index contributed by atoms with van der Waals surface area (Å²) in [6.07, 6.45) is 0.463. The highest BCUT2D eigenvalue weighted by atomic mass is 16.2. The Bertz CT molecular complexity index is 614. The van der Waals surface area contributed by atoms with Gasteiger partial charge in [-0.25, -0.2) is 4.98 Å². The van der Waals surface area contributed by atoms with Gasteiger partial charge in [-0.05, 0) is 43.2 Å². The molecule has 0 fully saturated rings. The predicted octanol–water partition coefficient (Wildman–Crippen LogP) is 2.92. The first-order valence-electron chi connectivity index (χ1n) is 6.01. The van der Waals surface area contributed by atoms with E-state index in [9.17, 15) is 4.79 Å². The van der Waals surface area contributed by atoms with E-state index in [0.717, 1.165) is 28.3 Å². The minimum atomic E-state index is 0.0914. The van der Waals surface area contributed by atoms with Gasteiger partial charge in [0.2, 0.25) is 5.91 Å². The molecule has 1 aliphatic rings. The molecule has 0 atom stereocenters. The summed E-state index contributed by atoms with van der Waals surface area (Å²) in [7, 11) is 0. The van der Waals surface area contributed by atoms with Crippen LogP contribution in [-0.4, -0.2) is 10.9 Å². The number of aromatic nitrogens is 1. The summed E-state index contributed by atoms with van der Waals surface area (Å²) < 4.78 is 0. The number of nitrogens with zero attached hydrogens (tertiary/aromatic N) is 2. The molecule has 3 nitrogen and oxygen atoms in total. The molecule has 2 aromatic rings. The first-order chi connectivity index (χ1) is 8.65. The van der Waals surface area contributed by atoms with Gasteiger partial charge in [0, 0.05) is 5.69 Å². The van der Waals surface area contributed by atoms with Crippen molar-refractivity contribution in [2.24, 2.45) is 0 Å². The van der Waals surface area contributed by atoms with Crippen LogP contribution in [0.4, 0.5) is 11.5 Å². The van der Waals surface area contributed by atoms with Crippen LogP contribution in [0, 0.1) is 13.8 Å². The number of pyridine rings is 1. The van der Waals surface area contributed by atoms with Gasteiger partial charge in [-0.3, -0.25) is 9.69 Å². The molecule has 0 N–H and O–H groups in total. The molecule has 1 amide bonds. The molecule has 2 heterocycles. The summed E-state index contributed by atoms with van der Waals surface area (Å²) in [5.41, 5.74) is 4.08. The minimum Gasteiger partial charge on any atom is -0.274 e. The second-order valence-corrected chi connectivity index (χ2v) is 4.68. The van der Waals surface area contributed by atoms with E-state index in [0.29, 0.717) is 6.42 Å². The zero-order chi connectivity index (χ0) is 12.7. The van der Waals surface area contributed by atoms with Crippen LogP contribution in [0.3, 0.4) is 0 Å². The second kappa shape index (κ2) is 3.95. The highest BCUT2D eigenvalue weighted by Crippen LogP contribution is 2.34. The van der Waals surface area contributed by atoms with Crippen LogP contribution in [0.5, 0.6) is 0 Å². The van der Waals surface area contributed by atoms with Gasteiger partial charge >= 0.3 is 0 Å². The number of hydrogen-bond acceptors (Lipinski definition) is 2. The summed E-state index contributed by atoms with van der Waals surface area (Å²) in [5, 5.41) is 0. The van der Waals surface area contributed by atoms with Gasteiger partial charge in [0.05, 0.1) is 12.1 Å². The van der Waals surface area contributed by atoms with Gasteiger partial charge in [-0.15, -0.1) is 0 Å². The van der Waals surface area contributed by atoms with Crippen molar-refractivity contribution in [3.8, 4) is 0 Å². The van der Waals surface area contributed by atoms with E-state index < -0.39 is 0 Å². The van der Waals surface area contributed by atoms with Crippen molar-refractivity contribution in [1.82, 2.24) is 4.98 Å². The molecule has 0 spiro atoms. The number of para-hydroxylation sites is 1. The van der Waals surface area contributed by atoms with E-state index in [4.69, 9.17) is 0 Å². The predicted molar refractivity (Wildman–Crippen MR) is 71.0 cm³/mol. The normalized spacial score (nSPS) is 13.9. The van der Waals surface area contributed by atoms with Crippen molar-refractivity contribution in [2.45, 2.75) is 20.3 Å². The molecule has 90 valence electrons. The van der Waals surface area contributed by atoms with E-state index in [1.165, 1.54) is 0 Å². The van der Waals surface area contributed by atoms with Gasteiger partial charge in [0.25, 0.3) is 0 Å². The Labute approximate surface area is 106 Å². The number of carbonyl (C=O) groups excluding carboxylic acids is 1. The number of amides is 1. The monoisotopic (exact) mass is 238 g/mol. The van der Waals surface area contributed by atoms with E-state index in [1.54, 1.807) is 4.90 Å². The van der Waals surface area contributed by atoms with Crippen molar-refractivity contribution in [3.63, 3.8) is 0 Å². The van der Waals surface area contributed by atoms with Crippen molar-refractivity contribution in [2.75, 3.05) is 4.90 Å². The molecule has 0 aliphatic carbocycles. The Morgan fingerprint density at radius 2 is 1.94 bits per heavy atom. The van der Waals surface area contributed by atoms with Gasteiger partial charge in [-0.1, -0.05) is 18.2 Å². The molecule has 18 heavy (non-hydrogen) atoms. The third-order valence-electron chi connectivity index (χ3n) is 3.14. The molecule has 1 aliphatic heterocycles. The Morgan fingerprint density at radius 3 is 2.72 bits per heavy atom. The Kier molecular flexibility index (Phi) is 2.40. The minimum absolute atomic E-state index is 0.0914. The quantitative estimate of drug-likeness (QED) is 0.765. The van der Waals surface area contributed by atoms with Gasteiger partial charge in [-0.2, -0.15) is 0 Å². The molecule has 1 aromatic heterocycles. The standard InChI is InChI=1S/C15H14N2O/c1-10-7-11(2)16-14(8-10)17-13-6-4-3-5-12(13)9-15(17)18/h3-8H,9H2,1-2H3. The SMILES string of the molecule is Cc1cc(C)nc(N2C(=O)Cc3ccccc32)c1. The van der Waals surface area contributed by atoms with Crippen molar-refractivity contribution < 1.29 is 4.79 Å². The molecule has 3 heteroatoms. The second-order valence-electron chi connectivity index (χ2n) is 4.68. The highest BCUT2D eigenvalue weighted by molar-refractivity contribution is 6.06. The molecule has 0 bridgehead atoms. The summed E-state index contributed by atoms with van der Waals surface area (Å²) in [6.45, 7) is 3.97. The summed E-state index contributed by atoms with van der Waals surface area (Å²) in [4.78, 5) is 18.3. The van der Waals surface area contributed by atoms with Crippen LogP contribution < -0.4 is 4.90 Å². The summed E-state index contributed by atoms with van der Waals surface area (Å²) >= 11 is 0. The molecule has 0 unspecified atom stereocenters. The first-order valence-corrected chi connectivity index (χ1v) is 6.01. The van der Waals surface area contributed by atoms with E-state index in [-0.39, 0.29) is 5.91 Å². The van der Waals surface area contributed by atoms with Crippen LogP contribution >= 0.6 is 0 Å². The van der Waals surface area contributed by atoms with Crippen molar-refractivity contribution in [3.05, 3.63) is 53.2 Å². The van der Waals surface area contributed by atoms with E-state index in [2.05, 4.69) is 4.98 Å². The number of anilines is 2. The fourth-order valence-corrected chi connectivity index (χ4v) is 2.44. The van der Waals surface area contributed by atoms with Crippen LogP contribution in [0.1, 0.15) is 16.8 Å². The lowest BCUT2D eigenvalue weighted by Gasteiger charge is -2.17. The smallest absolute Gasteiger partial charge is 0.237 e. The first kappa shape index (κ1) is 11.0. The van der Waals surface area contributed by atoms with Gasteiger partial charge in [0.15, 0.2) is 0 Å². The highest BCUT2D eigenvalue weighted by Gasteiger charge is 2.29. The summed E-state index contributed by atoms with van der Waals surface area (Å²) in [5.74, 6) is 0.816. The third-order valence-corrected chi connectivity index (χ3v) is 3.14. The molecule has 1 aromatic carbocycles. The van der Waals surface area contributed by atoms with Crippen LogP contribution in [0.2, 0.25) is 0 Å². The maximum absolute atomic E-state index is 12.1. The van der Waals surface area contributed by atoms with Crippen LogP contribution in [-0.2, 0) is 11.2 Å². The van der Waals surface area contributed by atoms with Crippen LogP contribution in [0.15, 0.2) is 36.4 Å². The number of benzene rings is 1. The van der Waals surface area contributed by atoms with Crippen molar-refractivity contribution >= 4 is 17.4 Å². The fraction of sp³-hybridized carbons (Fsp3) is 0.200. The number of rotatable bonds is 1. The summed E-state index contributed by atoms with van der Waals surface area (Å²) in [6, 6.07) is 11.8. The number of hydrogen-bond donors (Lipinski definition) is 0. The maximum Gasteiger partial charge on any atom is 0.237 e. The largest absolute Gasteiger partial charge is 0.274 e. The van der Waals surface area contributed by atoms with Crippen molar-refractivity contribution in [1.29, 1.82) is 0 Å². The Hall–Kier alpha value is -2.16. The number of carbonyl (C=O) groups is 1. The number of aryl methyl sites for hydroxylation is 2. The van der Waals surface area contributed by atoms with E-state index >= 15 is 0 Å². The fourth-order valence-electron chi connectivity index (χ4n) is 2.44. The maximum atomic E-state index is 12.1. The molecular formula is C15H14N2O. The van der Waals surface area contributed by atoms with Gasteiger partial charge in [0.1, 0.15) is 5.82 Å². The average molecular weight is 238 g/mol. The zero-order valence-corrected chi connectivity index (χ0v) is 10.5. The molecular weight excluding hydrogens is 224 g/mol. The Morgan fingerprint density at radius 1 is 1.17 bits per heavy atom. The average Bonchev–Trinajstić information content (AvgIpc) is 2.63. The number of fused-ring (bicyclic) bond motifs is 1.